The zero-order chi connectivity index (χ0) is 15.5. The van der Waals surface area contributed by atoms with Gasteiger partial charge < -0.3 is 9.26 Å². The van der Waals surface area contributed by atoms with Gasteiger partial charge in [0.25, 0.3) is 5.89 Å². The van der Waals surface area contributed by atoms with E-state index in [0.29, 0.717) is 10.4 Å². The van der Waals surface area contributed by atoms with E-state index in [1.54, 1.807) is 11.4 Å². The molecule has 0 fully saturated rings. The highest BCUT2D eigenvalue weighted by molar-refractivity contribution is 7.13. The van der Waals surface area contributed by atoms with Crippen molar-refractivity contribution in [2.24, 2.45) is 0 Å². The Kier molecular flexibility index (Phi) is 4.54. The number of thiophene rings is 1. The van der Waals surface area contributed by atoms with Gasteiger partial charge in [-0.3, -0.25) is 0 Å². The summed E-state index contributed by atoms with van der Waals surface area (Å²) in [6.45, 7) is -1.95. The van der Waals surface area contributed by atoms with E-state index in [1.165, 1.54) is 11.3 Å². The first-order valence-corrected chi connectivity index (χ1v) is 6.36. The van der Waals surface area contributed by atoms with E-state index >= 15 is 0 Å². The van der Waals surface area contributed by atoms with Gasteiger partial charge in [-0.15, -0.1) is 11.3 Å². The normalized spacial score (nSPS) is 11.8. The average Bonchev–Trinajstić information content (AvgIpc) is 3.05. The van der Waals surface area contributed by atoms with Gasteiger partial charge in [0, 0.05) is 0 Å². The van der Waals surface area contributed by atoms with Gasteiger partial charge in [-0.05, 0) is 11.4 Å². The highest BCUT2D eigenvalue weighted by atomic mass is 32.1. The summed E-state index contributed by atoms with van der Waals surface area (Å²) in [5.74, 6) is -4.26. The molecule has 10 heteroatoms. The molecule has 0 spiro atoms. The van der Waals surface area contributed by atoms with Crippen LogP contribution in [-0.4, -0.2) is 29.1 Å². The van der Waals surface area contributed by atoms with Gasteiger partial charge in [0.1, 0.15) is 24.2 Å². The lowest BCUT2D eigenvalue weighted by Crippen LogP contribution is -2.32. The highest BCUT2D eigenvalue weighted by Crippen LogP contribution is 2.28. The van der Waals surface area contributed by atoms with Crippen LogP contribution in [0.3, 0.4) is 0 Å². The van der Waals surface area contributed by atoms with Crippen molar-refractivity contribution in [1.82, 2.24) is 10.1 Å². The van der Waals surface area contributed by atoms with Crippen molar-refractivity contribution in [3.05, 3.63) is 22.8 Å². The molecule has 2 aromatic rings. The molecular weight excluding hydrogens is 314 g/mol. The third-order valence-corrected chi connectivity index (χ3v) is 3.20. The van der Waals surface area contributed by atoms with Crippen molar-refractivity contribution < 1.29 is 26.8 Å². The van der Waals surface area contributed by atoms with Crippen LogP contribution in [0, 0.1) is 11.3 Å². The predicted octanol–water partition coefficient (Wildman–Crippen LogP) is 3.09. The fourth-order valence-corrected chi connectivity index (χ4v) is 2.07. The van der Waals surface area contributed by atoms with Gasteiger partial charge in [-0.1, -0.05) is 5.16 Å². The monoisotopic (exact) mass is 321 g/mol. The van der Waals surface area contributed by atoms with Crippen molar-refractivity contribution in [3.63, 3.8) is 0 Å². The lowest BCUT2D eigenvalue weighted by Gasteiger charge is -2.14. The number of alkyl halides is 4. The van der Waals surface area contributed by atoms with E-state index < -0.39 is 25.6 Å². The fraction of sp³-hybridized carbons (Fsp3) is 0.364. The SMILES string of the molecule is N#Cc1ccsc1-c1nc(COCC(F)(F)C(F)F)no1. The summed E-state index contributed by atoms with van der Waals surface area (Å²) >= 11 is 1.19. The van der Waals surface area contributed by atoms with Gasteiger partial charge in [-0.2, -0.15) is 19.0 Å². The minimum absolute atomic E-state index is 0.0424. The van der Waals surface area contributed by atoms with Crippen LogP contribution >= 0.6 is 11.3 Å². The van der Waals surface area contributed by atoms with Crippen LogP contribution in [0.2, 0.25) is 0 Å². The molecule has 0 aromatic carbocycles. The summed E-state index contributed by atoms with van der Waals surface area (Å²) < 4.78 is 58.3. The molecule has 0 aliphatic rings. The Balaban J connectivity index is 1.97. The Morgan fingerprint density at radius 2 is 2.24 bits per heavy atom. The van der Waals surface area contributed by atoms with Gasteiger partial charge in [0.15, 0.2) is 5.82 Å². The zero-order valence-corrected chi connectivity index (χ0v) is 11.0. The Hall–Kier alpha value is -1.99. The standard InChI is InChI=1S/C11H7F4N3O2S/c12-10(13)11(14,15)5-19-4-7-17-9(20-18-7)8-6(3-16)1-2-21-8/h1-2,10H,4-5H2. The number of hydrogen-bond donors (Lipinski definition) is 0. The lowest BCUT2D eigenvalue weighted by molar-refractivity contribution is -0.168. The first-order chi connectivity index (χ1) is 9.94. The highest BCUT2D eigenvalue weighted by Gasteiger charge is 2.41. The fourth-order valence-electron chi connectivity index (χ4n) is 1.31. The summed E-state index contributed by atoms with van der Waals surface area (Å²) in [4.78, 5) is 4.29. The van der Waals surface area contributed by atoms with E-state index in [9.17, 15) is 17.6 Å². The maximum atomic E-state index is 12.6. The van der Waals surface area contributed by atoms with Crippen molar-refractivity contribution in [1.29, 1.82) is 5.26 Å². The molecule has 0 aliphatic heterocycles. The predicted molar refractivity (Wildman–Crippen MR) is 62.9 cm³/mol. The molecular formula is C11H7F4N3O2S. The number of nitriles is 1. The topological polar surface area (TPSA) is 71.9 Å². The Bertz CT molecular complexity index is 650. The molecule has 0 atom stereocenters. The molecule has 2 rings (SSSR count). The lowest BCUT2D eigenvalue weighted by atomic mass is 10.3. The molecule has 0 amide bonds. The maximum absolute atomic E-state index is 12.6. The Labute approximate surface area is 119 Å². The number of aromatic nitrogens is 2. The van der Waals surface area contributed by atoms with E-state index in [2.05, 4.69) is 14.9 Å². The molecule has 0 bridgehead atoms. The van der Waals surface area contributed by atoms with E-state index in [-0.39, 0.29) is 11.7 Å². The Morgan fingerprint density at radius 3 is 2.90 bits per heavy atom. The molecule has 0 unspecified atom stereocenters. The van der Waals surface area contributed by atoms with Crippen LogP contribution in [-0.2, 0) is 11.3 Å². The number of rotatable bonds is 6. The van der Waals surface area contributed by atoms with Crippen LogP contribution in [0.15, 0.2) is 16.0 Å². The van der Waals surface area contributed by atoms with Crippen LogP contribution in [0.4, 0.5) is 17.6 Å². The molecule has 5 nitrogen and oxygen atoms in total. The first kappa shape index (κ1) is 15.4. The summed E-state index contributed by atoms with van der Waals surface area (Å²) in [7, 11) is 0. The maximum Gasteiger partial charge on any atom is 0.330 e. The third kappa shape index (κ3) is 3.56. The second-order valence-corrected chi connectivity index (χ2v) is 4.76. The molecule has 0 aliphatic carbocycles. The molecule has 2 aromatic heterocycles. The minimum atomic E-state index is -4.23. The van der Waals surface area contributed by atoms with Crippen LogP contribution < -0.4 is 0 Å². The number of halogens is 4. The van der Waals surface area contributed by atoms with Crippen molar-refractivity contribution >= 4 is 11.3 Å². The molecule has 0 saturated carbocycles. The summed E-state index contributed by atoms with van der Waals surface area (Å²) in [6, 6.07) is 3.49. The third-order valence-electron chi connectivity index (χ3n) is 2.29. The largest absolute Gasteiger partial charge is 0.367 e. The van der Waals surface area contributed by atoms with E-state index in [1.807, 2.05) is 6.07 Å². The summed E-state index contributed by atoms with van der Waals surface area (Å²) in [5.41, 5.74) is 0.334. The van der Waals surface area contributed by atoms with E-state index in [4.69, 9.17) is 9.78 Å². The first-order valence-electron chi connectivity index (χ1n) is 5.48. The minimum Gasteiger partial charge on any atom is -0.367 e. The quantitative estimate of drug-likeness (QED) is 0.765. The van der Waals surface area contributed by atoms with Crippen LogP contribution in [0.25, 0.3) is 10.8 Å². The zero-order valence-electron chi connectivity index (χ0n) is 10.2. The number of hydrogen-bond acceptors (Lipinski definition) is 6. The van der Waals surface area contributed by atoms with Crippen LogP contribution in [0.5, 0.6) is 0 Å². The molecule has 112 valence electrons. The summed E-state index contributed by atoms with van der Waals surface area (Å²) in [6.07, 6.45) is -3.80. The van der Waals surface area contributed by atoms with Crippen molar-refractivity contribution in [3.8, 4) is 16.8 Å². The van der Waals surface area contributed by atoms with Gasteiger partial charge in [-0.25, -0.2) is 8.78 Å². The van der Waals surface area contributed by atoms with Gasteiger partial charge in [0.2, 0.25) is 0 Å². The Morgan fingerprint density at radius 1 is 1.48 bits per heavy atom. The smallest absolute Gasteiger partial charge is 0.330 e. The van der Waals surface area contributed by atoms with Gasteiger partial charge in [0.05, 0.1) is 5.56 Å². The molecule has 0 saturated heterocycles. The molecule has 0 N–H and O–H groups in total. The van der Waals surface area contributed by atoms with E-state index in [0.717, 1.165) is 0 Å². The second-order valence-electron chi connectivity index (χ2n) is 3.85. The molecule has 2 heterocycles. The average molecular weight is 321 g/mol. The van der Waals surface area contributed by atoms with Crippen molar-refractivity contribution in [2.75, 3.05) is 6.61 Å². The summed E-state index contributed by atoms with van der Waals surface area (Å²) in [5, 5.41) is 14.0. The van der Waals surface area contributed by atoms with Crippen LogP contribution in [0.1, 0.15) is 11.4 Å². The number of ether oxygens (including phenoxy) is 1. The second kappa shape index (κ2) is 6.19. The number of nitrogens with zero attached hydrogens (tertiary/aromatic N) is 3. The van der Waals surface area contributed by atoms with Crippen molar-refractivity contribution in [2.45, 2.75) is 19.0 Å². The molecule has 0 radical (unpaired) electrons. The molecule has 21 heavy (non-hydrogen) atoms. The van der Waals surface area contributed by atoms with Gasteiger partial charge >= 0.3 is 12.3 Å².